The molecule has 0 atom stereocenters. The van der Waals surface area contributed by atoms with Gasteiger partial charge in [-0.15, -0.1) is 0 Å². The lowest BCUT2D eigenvalue weighted by Crippen LogP contribution is -2.27. The number of fused-ring (bicyclic) bond motifs is 3. The highest BCUT2D eigenvalue weighted by Gasteiger charge is 2.23. The molecule has 6 N–H and O–H groups in total. The molecule has 21 nitrogen and oxygen atoms in total. The van der Waals surface area contributed by atoms with Crippen LogP contribution in [0.3, 0.4) is 0 Å². The molecule has 0 unspecified atom stereocenters. The molecule has 9 aromatic rings. The van der Waals surface area contributed by atoms with Gasteiger partial charge in [0.15, 0.2) is 34.7 Å². The van der Waals surface area contributed by atoms with E-state index in [-0.39, 0.29) is 23.5 Å². The number of hydrogen-bond acceptors (Lipinski definition) is 18. The van der Waals surface area contributed by atoms with Crippen LogP contribution in [0.15, 0.2) is 92.2 Å². The van der Waals surface area contributed by atoms with Gasteiger partial charge in [0.25, 0.3) is 17.6 Å². The number of nitrogens with zero attached hydrogens (tertiary/aromatic N) is 15. The Morgan fingerprint density at radius 1 is 0.506 bits per heavy atom. The summed E-state index contributed by atoms with van der Waals surface area (Å²) in [6.45, 7) is 19.6. The minimum atomic E-state index is 0.254. The van der Waals surface area contributed by atoms with Crippen molar-refractivity contribution in [1.82, 2.24) is 73.9 Å². The standard InChI is InChI=1S/C23H28N6O.C21H26N6O.C20H24N6O/c1-15-9-17(10-16-7-8-28(2)14-20(15)16)21-12-25-22(24)23(27-21)30-19-11-26-29(13-19)18-5-3-4-6-18;1-13(2)27-11-17(9-24-27)28-21-20(22)23-10-19(25-21)16-7-14(3)18-12-26(4)6-5-15(18)8-16;1-4-26-11-16(9-23-26)27-20-19(21)22-10-18(24-20)15-7-13(2)17-12-25(3)6-5-14(17)8-15/h9-13,18H,3-8,14H2,1-2H3,(H2,24,25);7-11,13H,5-6,12H2,1-4H3,(H2,22,23);7-11H,4-6,12H2,1-3H3,(H2,21,22). The molecule has 442 valence electrons. The Bertz CT molecular complexity index is 3840. The molecule has 1 aliphatic carbocycles. The second kappa shape index (κ2) is 25.2. The second-order valence-electron chi connectivity index (χ2n) is 23.3. The molecule has 13 rings (SSSR count). The third-order valence-electron chi connectivity index (χ3n) is 16.4. The van der Waals surface area contributed by atoms with Gasteiger partial charge in [0.1, 0.15) is 0 Å². The first-order chi connectivity index (χ1) is 41.0. The molecule has 6 aromatic heterocycles. The monoisotopic (exact) mass is 1150 g/mol. The number of nitrogens with two attached hydrogens (primary N) is 3. The highest BCUT2D eigenvalue weighted by atomic mass is 16.5. The van der Waals surface area contributed by atoms with Crippen LogP contribution in [0.1, 0.15) is 109 Å². The molecule has 9 heterocycles. The van der Waals surface area contributed by atoms with Crippen LogP contribution in [0.25, 0.3) is 33.8 Å². The summed E-state index contributed by atoms with van der Waals surface area (Å²) in [5, 5.41) is 13.0. The maximum absolute atomic E-state index is 6.07. The zero-order chi connectivity index (χ0) is 59.5. The zero-order valence-electron chi connectivity index (χ0n) is 50.4. The normalized spacial score (nSPS) is 15.3. The van der Waals surface area contributed by atoms with Crippen molar-refractivity contribution >= 4 is 17.5 Å². The summed E-state index contributed by atoms with van der Waals surface area (Å²) in [5.74, 6) is 3.57. The number of nitrogen functional groups attached to an aromatic ring is 3. The van der Waals surface area contributed by atoms with Crippen LogP contribution in [0.4, 0.5) is 17.5 Å². The lowest BCUT2D eigenvalue weighted by atomic mass is 9.92. The molecule has 3 aromatic carbocycles. The maximum Gasteiger partial charge on any atom is 0.263 e. The molecule has 3 aliphatic heterocycles. The maximum atomic E-state index is 6.07. The lowest BCUT2D eigenvalue weighted by Gasteiger charge is -2.27. The fourth-order valence-electron chi connectivity index (χ4n) is 11.5. The van der Waals surface area contributed by atoms with Gasteiger partial charge in [-0.3, -0.25) is 14.0 Å². The number of aromatic nitrogens is 12. The summed E-state index contributed by atoms with van der Waals surface area (Å²) in [6.07, 6.45) is 23.7. The molecule has 21 heteroatoms. The Balaban J connectivity index is 0.000000133. The predicted octanol–water partition coefficient (Wildman–Crippen LogP) is 10.7. The number of anilines is 3. The fraction of sp³-hybridized carbons (Fsp3) is 0.391. The number of benzene rings is 3. The number of likely N-dealkylation sites (N-methyl/N-ethyl adjacent to an activating group) is 3. The number of hydrogen-bond donors (Lipinski definition) is 3. The minimum Gasteiger partial charge on any atom is -0.433 e. The molecular formula is C64H78N18O3. The van der Waals surface area contributed by atoms with Gasteiger partial charge in [0, 0.05) is 68.5 Å². The Morgan fingerprint density at radius 2 is 0.894 bits per heavy atom. The first-order valence-corrected chi connectivity index (χ1v) is 29.5. The van der Waals surface area contributed by atoms with Gasteiger partial charge in [-0.1, -0.05) is 12.8 Å². The van der Waals surface area contributed by atoms with E-state index in [2.05, 4.69) is 147 Å². The van der Waals surface area contributed by atoms with Crippen LogP contribution >= 0.6 is 0 Å². The largest absolute Gasteiger partial charge is 0.433 e. The molecule has 1 fully saturated rings. The summed E-state index contributed by atoms with van der Waals surface area (Å²) in [4.78, 5) is 33.9. The van der Waals surface area contributed by atoms with Crippen LogP contribution in [0.2, 0.25) is 0 Å². The smallest absolute Gasteiger partial charge is 0.263 e. The van der Waals surface area contributed by atoms with E-state index < -0.39 is 0 Å². The van der Waals surface area contributed by atoms with Crippen molar-refractivity contribution in [2.45, 2.75) is 125 Å². The highest BCUT2D eigenvalue weighted by Crippen LogP contribution is 2.36. The third-order valence-corrected chi connectivity index (χ3v) is 16.4. The third kappa shape index (κ3) is 13.4. The number of aryl methyl sites for hydroxylation is 4. The fourth-order valence-corrected chi connectivity index (χ4v) is 11.5. The Labute approximate surface area is 497 Å². The van der Waals surface area contributed by atoms with Gasteiger partial charge >= 0.3 is 0 Å². The van der Waals surface area contributed by atoms with Gasteiger partial charge in [-0.2, -0.15) is 15.3 Å². The van der Waals surface area contributed by atoms with E-state index in [0.29, 0.717) is 40.9 Å². The Hall–Kier alpha value is -8.79. The van der Waals surface area contributed by atoms with Crippen molar-refractivity contribution in [1.29, 1.82) is 0 Å². The quantitative estimate of drug-likeness (QED) is 0.103. The van der Waals surface area contributed by atoms with E-state index in [1.807, 2.05) is 34.9 Å². The first-order valence-electron chi connectivity index (χ1n) is 29.5. The molecule has 0 bridgehead atoms. The second-order valence-corrected chi connectivity index (χ2v) is 23.3. The Kier molecular flexibility index (Phi) is 17.2. The first kappa shape index (κ1) is 58.0. The molecule has 0 saturated heterocycles. The van der Waals surface area contributed by atoms with Crippen LogP contribution in [0.5, 0.6) is 34.9 Å². The van der Waals surface area contributed by atoms with Gasteiger partial charge in [0.05, 0.1) is 78.9 Å². The van der Waals surface area contributed by atoms with Crippen molar-refractivity contribution in [2.75, 3.05) is 58.0 Å². The van der Waals surface area contributed by atoms with Crippen molar-refractivity contribution in [3.05, 3.63) is 142 Å². The van der Waals surface area contributed by atoms with E-state index in [1.165, 1.54) is 75.8 Å². The molecule has 4 aliphatic rings. The molecular weight excluding hydrogens is 1070 g/mol. The van der Waals surface area contributed by atoms with Gasteiger partial charge < -0.3 is 46.1 Å². The summed E-state index contributed by atoms with van der Waals surface area (Å²) in [5.41, 5.74) is 35.7. The number of ether oxygens (including phenoxy) is 3. The molecule has 0 amide bonds. The van der Waals surface area contributed by atoms with Crippen LogP contribution in [-0.4, -0.2) is 115 Å². The van der Waals surface area contributed by atoms with Crippen LogP contribution < -0.4 is 31.4 Å². The zero-order valence-corrected chi connectivity index (χ0v) is 50.4. The lowest BCUT2D eigenvalue weighted by molar-refractivity contribution is 0.312. The molecule has 0 radical (unpaired) electrons. The van der Waals surface area contributed by atoms with E-state index >= 15 is 0 Å². The van der Waals surface area contributed by atoms with E-state index in [9.17, 15) is 0 Å². The summed E-state index contributed by atoms with van der Waals surface area (Å²) < 4.78 is 23.3. The van der Waals surface area contributed by atoms with Gasteiger partial charge in [0.2, 0.25) is 0 Å². The summed E-state index contributed by atoms with van der Waals surface area (Å²) >= 11 is 0. The van der Waals surface area contributed by atoms with Crippen molar-refractivity contribution in [2.24, 2.45) is 0 Å². The molecule has 85 heavy (non-hydrogen) atoms. The van der Waals surface area contributed by atoms with E-state index in [1.54, 1.807) is 41.9 Å². The average Bonchev–Trinajstić information content (AvgIpc) is 4.45. The van der Waals surface area contributed by atoms with E-state index in [4.69, 9.17) is 36.4 Å². The van der Waals surface area contributed by atoms with Crippen molar-refractivity contribution in [3.63, 3.8) is 0 Å². The van der Waals surface area contributed by atoms with Gasteiger partial charge in [-0.05, 0) is 181 Å². The summed E-state index contributed by atoms with van der Waals surface area (Å²) in [7, 11) is 6.49. The Morgan fingerprint density at radius 3 is 1.28 bits per heavy atom. The van der Waals surface area contributed by atoms with Crippen molar-refractivity contribution < 1.29 is 14.2 Å². The highest BCUT2D eigenvalue weighted by molar-refractivity contribution is 5.67. The molecule has 1 saturated carbocycles. The van der Waals surface area contributed by atoms with Crippen LogP contribution in [-0.2, 0) is 45.4 Å². The minimum absolute atomic E-state index is 0.254. The summed E-state index contributed by atoms with van der Waals surface area (Å²) in [6, 6.07) is 13.9. The van der Waals surface area contributed by atoms with Crippen molar-refractivity contribution in [3.8, 4) is 68.7 Å². The predicted molar refractivity (Wildman–Crippen MR) is 330 cm³/mol. The van der Waals surface area contributed by atoms with Gasteiger partial charge in [-0.25, -0.2) is 29.9 Å². The average molecular weight is 1150 g/mol. The molecule has 0 spiro atoms. The topological polar surface area (TPSA) is 246 Å². The van der Waals surface area contributed by atoms with E-state index in [0.717, 1.165) is 98.8 Å². The van der Waals surface area contributed by atoms with Crippen LogP contribution in [0, 0.1) is 20.8 Å². The SMILES string of the molecule is CCn1cc(Oc2nc(-c3cc(C)c4c(c3)CCN(C)C4)cnc2N)cn1.Cc1cc(-c2cnc(N)c(Oc3cnn(C(C)C)c3)n2)cc2c1CN(C)CC2.Cc1cc(-c2cnc(N)c(Oc3cnn(C4CCCC4)c3)n2)cc2c1CN(C)CC2. The number of rotatable bonds is 12.